The largest absolute Gasteiger partial charge is 0.347 e. The number of nitrogens with zero attached hydrogens (tertiary/aromatic N) is 1. The van der Waals surface area contributed by atoms with Crippen molar-refractivity contribution >= 4 is 10.9 Å². The summed E-state index contributed by atoms with van der Waals surface area (Å²) in [7, 11) is 0. The summed E-state index contributed by atoms with van der Waals surface area (Å²) in [6.45, 7) is 3.29. The van der Waals surface area contributed by atoms with Crippen LogP contribution in [0.1, 0.15) is 19.3 Å². The molecule has 1 fully saturated rings. The minimum Gasteiger partial charge on any atom is -0.347 e. The van der Waals surface area contributed by atoms with Gasteiger partial charge in [-0.05, 0) is 56.5 Å². The molecule has 0 aliphatic carbocycles. The lowest BCUT2D eigenvalue weighted by Gasteiger charge is -2.22. The molecule has 1 aromatic heterocycles. The zero-order valence-electron chi connectivity index (χ0n) is 10.5. The van der Waals surface area contributed by atoms with E-state index >= 15 is 0 Å². The lowest BCUT2D eigenvalue weighted by atomic mass is 9.95. The van der Waals surface area contributed by atoms with Gasteiger partial charge in [-0.25, -0.2) is 4.39 Å². The van der Waals surface area contributed by atoms with E-state index in [1.807, 2.05) is 18.3 Å². The van der Waals surface area contributed by atoms with Gasteiger partial charge < -0.3 is 9.88 Å². The molecule has 1 aliphatic heterocycles. The molecular weight excluding hydrogens is 227 g/mol. The minimum absolute atomic E-state index is 0.117. The van der Waals surface area contributed by atoms with Gasteiger partial charge in [0.2, 0.25) is 0 Å². The lowest BCUT2D eigenvalue weighted by Crippen LogP contribution is -2.28. The van der Waals surface area contributed by atoms with Crippen LogP contribution < -0.4 is 5.32 Å². The van der Waals surface area contributed by atoms with Gasteiger partial charge in [0.15, 0.2) is 0 Å². The Kier molecular flexibility index (Phi) is 3.33. The molecule has 96 valence electrons. The summed E-state index contributed by atoms with van der Waals surface area (Å²) in [5, 5.41) is 4.13. The maximum Gasteiger partial charge on any atom is 0.132 e. The fraction of sp³-hybridized carbons (Fsp3) is 0.467. The summed E-state index contributed by atoms with van der Waals surface area (Å²) in [6.07, 6.45) is 5.75. The molecule has 1 N–H and O–H groups in total. The van der Waals surface area contributed by atoms with Crippen LogP contribution in [0.25, 0.3) is 10.9 Å². The molecule has 0 bridgehead atoms. The molecule has 18 heavy (non-hydrogen) atoms. The topological polar surface area (TPSA) is 17.0 Å². The van der Waals surface area contributed by atoms with Crippen molar-refractivity contribution in [1.82, 2.24) is 9.88 Å². The molecule has 2 heterocycles. The molecule has 3 heteroatoms. The first-order valence-corrected chi connectivity index (χ1v) is 6.78. The molecule has 0 amide bonds. The number of aromatic nitrogens is 1. The number of hydrogen-bond donors (Lipinski definition) is 1. The monoisotopic (exact) mass is 246 g/mol. The first-order valence-electron chi connectivity index (χ1n) is 6.78. The van der Waals surface area contributed by atoms with E-state index in [1.54, 1.807) is 6.07 Å². The fourth-order valence-electron chi connectivity index (χ4n) is 2.87. The van der Waals surface area contributed by atoms with Crippen molar-refractivity contribution in [2.45, 2.75) is 25.8 Å². The van der Waals surface area contributed by atoms with Gasteiger partial charge in [-0.1, -0.05) is 6.07 Å². The Balaban J connectivity index is 1.72. The van der Waals surface area contributed by atoms with Gasteiger partial charge in [0.25, 0.3) is 0 Å². The molecule has 1 aromatic carbocycles. The van der Waals surface area contributed by atoms with Crippen LogP contribution in [0.15, 0.2) is 30.5 Å². The normalized spacial score (nSPS) is 17.4. The number of fused-ring (bicyclic) bond motifs is 1. The Labute approximate surface area is 107 Å². The average Bonchev–Trinajstić information content (AvgIpc) is 2.82. The van der Waals surface area contributed by atoms with E-state index in [-0.39, 0.29) is 5.82 Å². The summed E-state index contributed by atoms with van der Waals surface area (Å²) in [6, 6.07) is 7.20. The summed E-state index contributed by atoms with van der Waals surface area (Å²) >= 11 is 0. The second-order valence-corrected chi connectivity index (χ2v) is 5.16. The molecule has 1 saturated heterocycles. The van der Waals surface area contributed by atoms with E-state index in [9.17, 15) is 4.39 Å². The molecular formula is C15H19FN2. The smallest absolute Gasteiger partial charge is 0.132 e. The molecule has 0 unspecified atom stereocenters. The third kappa shape index (κ3) is 2.27. The van der Waals surface area contributed by atoms with Crippen molar-refractivity contribution in [3.05, 3.63) is 36.3 Å². The third-order valence-electron chi connectivity index (χ3n) is 4.00. The molecule has 2 nitrogen and oxygen atoms in total. The van der Waals surface area contributed by atoms with Crippen molar-refractivity contribution in [2.75, 3.05) is 13.1 Å². The van der Waals surface area contributed by atoms with Gasteiger partial charge in [-0.3, -0.25) is 0 Å². The standard InChI is InChI=1S/C15H19FN2/c16-14-2-1-3-15-13(14)7-11-18(15)10-6-12-4-8-17-9-5-12/h1-3,7,11-12,17H,4-6,8-10H2. The molecule has 0 atom stereocenters. The number of hydrogen-bond acceptors (Lipinski definition) is 1. The first-order chi connectivity index (χ1) is 8.84. The predicted molar refractivity (Wildman–Crippen MR) is 72.1 cm³/mol. The van der Waals surface area contributed by atoms with Crippen molar-refractivity contribution in [2.24, 2.45) is 5.92 Å². The van der Waals surface area contributed by atoms with Crippen LogP contribution in [0.2, 0.25) is 0 Å². The molecule has 0 spiro atoms. The lowest BCUT2D eigenvalue weighted by molar-refractivity contribution is 0.339. The fourth-order valence-corrected chi connectivity index (χ4v) is 2.87. The van der Waals surface area contributed by atoms with Gasteiger partial charge in [-0.2, -0.15) is 0 Å². The van der Waals surface area contributed by atoms with Crippen LogP contribution in [-0.2, 0) is 6.54 Å². The van der Waals surface area contributed by atoms with Crippen LogP contribution in [-0.4, -0.2) is 17.7 Å². The van der Waals surface area contributed by atoms with Gasteiger partial charge in [-0.15, -0.1) is 0 Å². The number of nitrogens with one attached hydrogen (secondary N) is 1. The maximum atomic E-state index is 13.6. The minimum atomic E-state index is -0.117. The molecule has 2 aromatic rings. The second-order valence-electron chi connectivity index (χ2n) is 5.16. The Morgan fingerprint density at radius 2 is 2.06 bits per heavy atom. The summed E-state index contributed by atoms with van der Waals surface area (Å²) in [4.78, 5) is 0. The van der Waals surface area contributed by atoms with Gasteiger partial charge >= 0.3 is 0 Å². The van der Waals surface area contributed by atoms with Crippen molar-refractivity contribution in [1.29, 1.82) is 0 Å². The maximum absolute atomic E-state index is 13.6. The number of aryl methyl sites for hydroxylation is 1. The summed E-state index contributed by atoms with van der Waals surface area (Å²) < 4.78 is 15.8. The molecule has 0 radical (unpaired) electrons. The highest BCUT2D eigenvalue weighted by molar-refractivity contribution is 5.80. The number of halogens is 1. The van der Waals surface area contributed by atoms with E-state index in [0.717, 1.165) is 36.5 Å². The van der Waals surface area contributed by atoms with Crippen LogP contribution in [0, 0.1) is 11.7 Å². The highest BCUT2D eigenvalue weighted by atomic mass is 19.1. The number of piperidine rings is 1. The number of rotatable bonds is 3. The molecule has 0 saturated carbocycles. The number of benzene rings is 1. The highest BCUT2D eigenvalue weighted by Crippen LogP contribution is 2.22. The first kappa shape index (κ1) is 11.7. The Bertz CT molecular complexity index is 526. The zero-order chi connectivity index (χ0) is 12.4. The summed E-state index contributed by atoms with van der Waals surface area (Å²) in [5.74, 6) is 0.699. The van der Waals surface area contributed by atoms with Crippen molar-refractivity contribution < 1.29 is 4.39 Å². The van der Waals surface area contributed by atoms with E-state index < -0.39 is 0 Å². The van der Waals surface area contributed by atoms with Crippen molar-refractivity contribution in [3.63, 3.8) is 0 Å². The van der Waals surface area contributed by atoms with Crippen molar-refractivity contribution in [3.8, 4) is 0 Å². The van der Waals surface area contributed by atoms with Crippen LogP contribution >= 0.6 is 0 Å². The third-order valence-corrected chi connectivity index (χ3v) is 4.00. The molecule has 3 rings (SSSR count). The van der Waals surface area contributed by atoms with Crippen LogP contribution in [0.3, 0.4) is 0 Å². The van der Waals surface area contributed by atoms with Gasteiger partial charge in [0.1, 0.15) is 5.82 Å². The SMILES string of the molecule is Fc1cccc2c1ccn2CCC1CCNCC1. The van der Waals surface area contributed by atoms with Gasteiger partial charge in [0.05, 0.1) is 5.52 Å². The van der Waals surface area contributed by atoms with E-state index in [1.165, 1.54) is 25.3 Å². The molecule has 1 aliphatic rings. The average molecular weight is 246 g/mol. The Morgan fingerprint density at radius 1 is 1.22 bits per heavy atom. The Hall–Kier alpha value is -1.35. The second kappa shape index (κ2) is 5.11. The van der Waals surface area contributed by atoms with E-state index in [2.05, 4.69) is 9.88 Å². The predicted octanol–water partition coefficient (Wildman–Crippen LogP) is 3.17. The van der Waals surface area contributed by atoms with Crippen LogP contribution in [0.4, 0.5) is 4.39 Å². The summed E-state index contributed by atoms with van der Waals surface area (Å²) in [5.41, 5.74) is 1.02. The van der Waals surface area contributed by atoms with Gasteiger partial charge in [0, 0.05) is 18.1 Å². The van der Waals surface area contributed by atoms with E-state index in [4.69, 9.17) is 0 Å². The quantitative estimate of drug-likeness (QED) is 0.880. The van der Waals surface area contributed by atoms with E-state index in [0.29, 0.717) is 0 Å². The zero-order valence-corrected chi connectivity index (χ0v) is 10.5. The van der Waals surface area contributed by atoms with Crippen LogP contribution in [0.5, 0.6) is 0 Å². The highest BCUT2D eigenvalue weighted by Gasteiger charge is 2.13. The Morgan fingerprint density at radius 3 is 2.89 bits per heavy atom.